The first kappa shape index (κ1) is 17.7. The first-order chi connectivity index (χ1) is 12.6. The van der Waals surface area contributed by atoms with Gasteiger partial charge in [0, 0.05) is 46.2 Å². The smallest absolute Gasteiger partial charge is 0.130 e. The SMILES string of the molecule is Cc1cc(Cl)cc(-c2ccnc3cc(CO)sc23)c1OC(C)C1CNC1. The number of aryl methyl sites for hydroxylation is 1. The number of benzene rings is 1. The van der Waals surface area contributed by atoms with Crippen LogP contribution in [0, 0.1) is 12.8 Å². The summed E-state index contributed by atoms with van der Waals surface area (Å²) in [6, 6.07) is 7.83. The lowest BCUT2D eigenvalue weighted by molar-refractivity contribution is 0.114. The van der Waals surface area contributed by atoms with Gasteiger partial charge >= 0.3 is 0 Å². The number of fused-ring (bicyclic) bond motifs is 1. The summed E-state index contributed by atoms with van der Waals surface area (Å²) < 4.78 is 7.45. The summed E-state index contributed by atoms with van der Waals surface area (Å²) >= 11 is 7.93. The molecule has 6 heteroatoms. The highest BCUT2D eigenvalue weighted by molar-refractivity contribution is 7.19. The second-order valence-electron chi connectivity index (χ2n) is 6.78. The Morgan fingerprint density at radius 2 is 2.15 bits per heavy atom. The van der Waals surface area contributed by atoms with Crippen molar-refractivity contribution < 1.29 is 9.84 Å². The quantitative estimate of drug-likeness (QED) is 0.680. The van der Waals surface area contributed by atoms with Gasteiger partial charge in [0.2, 0.25) is 0 Å². The van der Waals surface area contributed by atoms with E-state index in [9.17, 15) is 5.11 Å². The molecule has 1 aliphatic rings. The Morgan fingerprint density at radius 3 is 2.85 bits per heavy atom. The van der Waals surface area contributed by atoms with Crippen LogP contribution in [-0.2, 0) is 6.61 Å². The van der Waals surface area contributed by atoms with Crippen LogP contribution in [0.3, 0.4) is 0 Å². The fourth-order valence-electron chi connectivity index (χ4n) is 3.29. The molecule has 4 nitrogen and oxygen atoms in total. The molecule has 1 aromatic carbocycles. The number of nitrogens with zero attached hydrogens (tertiary/aromatic N) is 1. The van der Waals surface area contributed by atoms with E-state index in [0.717, 1.165) is 50.6 Å². The second kappa shape index (κ2) is 7.16. The zero-order valence-electron chi connectivity index (χ0n) is 14.8. The van der Waals surface area contributed by atoms with Gasteiger partial charge in [0.1, 0.15) is 11.9 Å². The highest BCUT2D eigenvalue weighted by Gasteiger charge is 2.26. The van der Waals surface area contributed by atoms with Gasteiger partial charge in [0.05, 0.1) is 16.8 Å². The minimum Gasteiger partial charge on any atom is -0.489 e. The Morgan fingerprint density at radius 1 is 1.35 bits per heavy atom. The summed E-state index contributed by atoms with van der Waals surface area (Å²) in [6.07, 6.45) is 1.92. The first-order valence-electron chi connectivity index (χ1n) is 8.73. The van der Waals surface area contributed by atoms with E-state index < -0.39 is 0 Å². The van der Waals surface area contributed by atoms with E-state index in [1.165, 1.54) is 0 Å². The van der Waals surface area contributed by atoms with Crippen LogP contribution in [0.2, 0.25) is 5.02 Å². The molecule has 0 aliphatic carbocycles. The van der Waals surface area contributed by atoms with Crippen LogP contribution in [-0.4, -0.2) is 29.3 Å². The molecule has 1 aliphatic heterocycles. The Kier molecular flexibility index (Phi) is 4.88. The summed E-state index contributed by atoms with van der Waals surface area (Å²) in [6.45, 7) is 6.16. The standard InChI is InChI=1S/C20H21ClN2O2S/c1-11-5-14(21)6-17(19(11)25-12(2)13-8-22-9-13)16-3-4-23-18-7-15(10-24)26-20(16)18/h3-7,12-13,22,24H,8-10H2,1-2H3. The van der Waals surface area contributed by atoms with Crippen LogP contribution < -0.4 is 10.1 Å². The van der Waals surface area contributed by atoms with Crippen molar-refractivity contribution in [3.63, 3.8) is 0 Å². The summed E-state index contributed by atoms with van der Waals surface area (Å²) in [4.78, 5) is 5.34. The van der Waals surface area contributed by atoms with Gasteiger partial charge < -0.3 is 15.2 Å². The van der Waals surface area contributed by atoms with Crippen molar-refractivity contribution in [2.75, 3.05) is 13.1 Å². The van der Waals surface area contributed by atoms with Crippen LogP contribution in [0.25, 0.3) is 21.3 Å². The maximum Gasteiger partial charge on any atom is 0.130 e. The average molecular weight is 389 g/mol. The number of ether oxygens (including phenoxy) is 1. The molecule has 1 unspecified atom stereocenters. The lowest BCUT2D eigenvalue weighted by Crippen LogP contribution is -2.49. The third-order valence-corrected chi connectivity index (χ3v) is 6.29. The Balaban J connectivity index is 1.84. The van der Waals surface area contributed by atoms with Crippen LogP contribution in [0.1, 0.15) is 17.4 Å². The highest BCUT2D eigenvalue weighted by Crippen LogP contribution is 2.42. The van der Waals surface area contributed by atoms with Crippen molar-refractivity contribution >= 4 is 33.2 Å². The number of aromatic nitrogens is 1. The van der Waals surface area contributed by atoms with Crippen molar-refractivity contribution in [3.05, 3.63) is 45.9 Å². The predicted octanol–water partition coefficient (Wildman–Crippen LogP) is 4.40. The van der Waals surface area contributed by atoms with E-state index in [2.05, 4.69) is 17.2 Å². The highest BCUT2D eigenvalue weighted by atomic mass is 35.5. The number of rotatable bonds is 5. The van der Waals surface area contributed by atoms with Crippen LogP contribution >= 0.6 is 22.9 Å². The molecule has 1 saturated heterocycles. The second-order valence-corrected chi connectivity index (χ2v) is 8.36. The summed E-state index contributed by atoms with van der Waals surface area (Å²) in [5, 5.41) is 13.5. The van der Waals surface area contributed by atoms with Crippen LogP contribution in [0.15, 0.2) is 30.5 Å². The number of hydrogen-bond donors (Lipinski definition) is 2. The molecule has 0 radical (unpaired) electrons. The van der Waals surface area contributed by atoms with Gasteiger partial charge in [-0.05, 0) is 43.7 Å². The fourth-order valence-corrected chi connectivity index (χ4v) is 4.56. The van der Waals surface area contributed by atoms with E-state index in [1.54, 1.807) is 17.5 Å². The number of aliphatic hydroxyl groups is 1. The zero-order valence-corrected chi connectivity index (χ0v) is 16.3. The van der Waals surface area contributed by atoms with Gasteiger partial charge in [0.15, 0.2) is 0 Å². The Labute approximate surface area is 161 Å². The van der Waals surface area contributed by atoms with E-state index in [1.807, 2.05) is 31.2 Å². The van der Waals surface area contributed by atoms with E-state index in [0.29, 0.717) is 10.9 Å². The molecular weight excluding hydrogens is 368 g/mol. The lowest BCUT2D eigenvalue weighted by Gasteiger charge is -2.33. The molecular formula is C20H21ClN2O2S. The van der Waals surface area contributed by atoms with Gasteiger partial charge in [0.25, 0.3) is 0 Å². The molecule has 0 amide bonds. The van der Waals surface area contributed by atoms with E-state index in [-0.39, 0.29) is 12.7 Å². The maximum atomic E-state index is 9.49. The topological polar surface area (TPSA) is 54.4 Å². The lowest BCUT2D eigenvalue weighted by atomic mass is 9.97. The van der Waals surface area contributed by atoms with Crippen LogP contribution in [0.4, 0.5) is 0 Å². The average Bonchev–Trinajstić information content (AvgIpc) is 2.98. The fraction of sp³-hybridized carbons (Fsp3) is 0.350. The third-order valence-electron chi connectivity index (χ3n) is 4.93. The van der Waals surface area contributed by atoms with Crippen molar-refractivity contribution in [3.8, 4) is 16.9 Å². The molecule has 0 bridgehead atoms. The largest absolute Gasteiger partial charge is 0.489 e. The van der Waals surface area contributed by atoms with Crippen molar-refractivity contribution in [2.24, 2.45) is 5.92 Å². The number of hydrogen-bond acceptors (Lipinski definition) is 5. The molecule has 0 saturated carbocycles. The van der Waals surface area contributed by atoms with Gasteiger partial charge in [-0.25, -0.2) is 0 Å². The number of pyridine rings is 1. The van der Waals surface area contributed by atoms with Gasteiger partial charge in [-0.3, -0.25) is 4.98 Å². The molecule has 3 aromatic rings. The Hall–Kier alpha value is -1.66. The maximum absolute atomic E-state index is 9.49. The summed E-state index contributed by atoms with van der Waals surface area (Å²) in [5.41, 5.74) is 3.93. The van der Waals surface area contributed by atoms with Crippen molar-refractivity contribution in [2.45, 2.75) is 26.6 Å². The summed E-state index contributed by atoms with van der Waals surface area (Å²) in [7, 11) is 0. The third kappa shape index (κ3) is 3.21. The van der Waals surface area contributed by atoms with Gasteiger partial charge in [-0.1, -0.05) is 11.6 Å². The molecule has 1 atom stereocenters. The molecule has 2 N–H and O–H groups in total. The number of halogens is 1. The first-order valence-corrected chi connectivity index (χ1v) is 9.92. The number of thiophene rings is 1. The zero-order chi connectivity index (χ0) is 18.3. The molecule has 2 aromatic heterocycles. The van der Waals surface area contributed by atoms with Gasteiger partial charge in [-0.2, -0.15) is 0 Å². The monoisotopic (exact) mass is 388 g/mol. The molecule has 1 fully saturated rings. The molecule has 0 spiro atoms. The van der Waals surface area contributed by atoms with Crippen molar-refractivity contribution in [1.29, 1.82) is 0 Å². The molecule has 26 heavy (non-hydrogen) atoms. The van der Waals surface area contributed by atoms with E-state index in [4.69, 9.17) is 16.3 Å². The molecule has 4 rings (SSSR count). The number of aliphatic hydroxyl groups excluding tert-OH is 1. The summed E-state index contributed by atoms with van der Waals surface area (Å²) in [5.74, 6) is 1.40. The van der Waals surface area contributed by atoms with Gasteiger partial charge in [-0.15, -0.1) is 11.3 Å². The molecule has 136 valence electrons. The van der Waals surface area contributed by atoms with Crippen molar-refractivity contribution in [1.82, 2.24) is 10.3 Å². The minimum absolute atomic E-state index is 0.0180. The Bertz CT molecular complexity index is 952. The number of nitrogens with one attached hydrogen (secondary N) is 1. The normalized spacial score (nSPS) is 15.8. The predicted molar refractivity (Wildman–Crippen MR) is 107 cm³/mol. The van der Waals surface area contributed by atoms with E-state index >= 15 is 0 Å². The minimum atomic E-state index is 0.0180. The van der Waals surface area contributed by atoms with Crippen LogP contribution in [0.5, 0.6) is 5.75 Å². The molecule has 3 heterocycles.